The number of hydrogen-bond acceptors (Lipinski definition) is 4. The second-order valence-corrected chi connectivity index (χ2v) is 4.87. The van der Waals surface area contributed by atoms with Crippen LogP contribution in [0.2, 0.25) is 0 Å². The number of pyridine rings is 1. The largest absolute Gasteiger partial charge is 0.396 e. The van der Waals surface area contributed by atoms with Gasteiger partial charge >= 0.3 is 0 Å². The Morgan fingerprint density at radius 3 is 3.06 bits per heavy atom. The summed E-state index contributed by atoms with van der Waals surface area (Å²) in [6.07, 6.45) is 3.18. The summed E-state index contributed by atoms with van der Waals surface area (Å²) in [5, 5.41) is 17.1. The second-order valence-electron chi connectivity index (χ2n) is 3.79. The van der Waals surface area contributed by atoms with E-state index in [9.17, 15) is 0 Å². The fraction of sp³-hybridized carbons (Fsp3) is 0.455. The number of rotatable bonds is 4. The van der Waals surface area contributed by atoms with Gasteiger partial charge in [-0.2, -0.15) is 0 Å². The lowest BCUT2D eigenvalue weighted by Crippen LogP contribution is -2.14. The maximum Gasteiger partial charge on any atom is 0.125 e. The van der Waals surface area contributed by atoms with Crippen LogP contribution in [-0.2, 0) is 12.8 Å². The van der Waals surface area contributed by atoms with E-state index in [4.69, 9.17) is 16.2 Å². The summed E-state index contributed by atoms with van der Waals surface area (Å²) in [7, 11) is 0. The van der Waals surface area contributed by atoms with Crippen molar-refractivity contribution in [1.29, 1.82) is 5.41 Å². The van der Waals surface area contributed by atoms with Crippen LogP contribution >= 0.6 is 11.8 Å². The molecule has 0 saturated carbocycles. The van der Waals surface area contributed by atoms with Crippen molar-refractivity contribution in [2.75, 3.05) is 12.4 Å². The van der Waals surface area contributed by atoms with Gasteiger partial charge in [0, 0.05) is 17.0 Å². The van der Waals surface area contributed by atoms with Crippen LogP contribution in [0.1, 0.15) is 23.2 Å². The Balaban J connectivity index is 2.36. The van der Waals surface area contributed by atoms with E-state index in [-0.39, 0.29) is 12.4 Å². The molecule has 4 N–H and O–H groups in total. The lowest BCUT2D eigenvalue weighted by molar-refractivity contribution is 0.322. The number of nitrogens with zero attached hydrogens (tertiary/aromatic N) is 1. The topological polar surface area (TPSA) is 83.0 Å². The number of thioether (sulfide) groups is 1. The number of aromatic nitrogens is 1. The number of aryl methyl sites for hydroxylation is 2. The molecule has 0 saturated heterocycles. The number of amidine groups is 1. The van der Waals surface area contributed by atoms with Crippen molar-refractivity contribution in [3.05, 3.63) is 22.9 Å². The zero-order valence-corrected chi connectivity index (χ0v) is 9.81. The molecule has 16 heavy (non-hydrogen) atoms. The average molecular weight is 237 g/mol. The van der Waals surface area contributed by atoms with Gasteiger partial charge in [0.1, 0.15) is 10.9 Å². The van der Waals surface area contributed by atoms with Gasteiger partial charge in [0.15, 0.2) is 0 Å². The monoisotopic (exact) mass is 237 g/mol. The molecule has 1 aliphatic rings. The summed E-state index contributed by atoms with van der Waals surface area (Å²) in [6.45, 7) is 0.112. The Kier molecular flexibility index (Phi) is 3.46. The molecule has 0 aliphatic heterocycles. The van der Waals surface area contributed by atoms with E-state index in [1.54, 1.807) is 0 Å². The molecule has 0 bridgehead atoms. The molecule has 0 radical (unpaired) electrons. The standard InChI is InChI=1S/C11H15N3OS/c12-10(13)8-6-7-2-1-3-9(7)14-11(8)16-5-4-15/h6,15H,1-5H2,(H3,12,13). The van der Waals surface area contributed by atoms with Gasteiger partial charge in [0.25, 0.3) is 0 Å². The van der Waals surface area contributed by atoms with Crippen LogP contribution in [0.4, 0.5) is 0 Å². The number of fused-ring (bicyclic) bond motifs is 1. The van der Waals surface area contributed by atoms with Gasteiger partial charge in [-0.1, -0.05) is 0 Å². The van der Waals surface area contributed by atoms with Gasteiger partial charge < -0.3 is 10.8 Å². The molecule has 86 valence electrons. The molecule has 1 aliphatic carbocycles. The first-order valence-electron chi connectivity index (χ1n) is 5.33. The third kappa shape index (κ3) is 2.20. The third-order valence-electron chi connectivity index (χ3n) is 2.64. The van der Waals surface area contributed by atoms with Crippen LogP contribution in [0.25, 0.3) is 0 Å². The van der Waals surface area contributed by atoms with Gasteiger partial charge in [-0.25, -0.2) is 4.98 Å². The van der Waals surface area contributed by atoms with Gasteiger partial charge in [0.05, 0.1) is 6.61 Å². The smallest absolute Gasteiger partial charge is 0.125 e. The Morgan fingerprint density at radius 1 is 1.56 bits per heavy atom. The van der Waals surface area contributed by atoms with Crippen molar-refractivity contribution in [1.82, 2.24) is 4.98 Å². The van der Waals surface area contributed by atoms with E-state index in [1.165, 1.54) is 17.3 Å². The fourth-order valence-corrected chi connectivity index (χ4v) is 2.68. The maximum absolute atomic E-state index is 8.82. The zero-order valence-electron chi connectivity index (χ0n) is 8.99. The SMILES string of the molecule is N=C(N)c1cc2c(nc1SCCO)CCC2. The van der Waals surface area contributed by atoms with E-state index in [0.717, 1.165) is 30.0 Å². The fourth-order valence-electron chi connectivity index (χ4n) is 1.90. The lowest BCUT2D eigenvalue weighted by Gasteiger charge is -2.09. The molecule has 1 aromatic heterocycles. The van der Waals surface area contributed by atoms with Gasteiger partial charge in [-0.15, -0.1) is 11.8 Å². The minimum atomic E-state index is 0.0580. The van der Waals surface area contributed by atoms with Crippen molar-refractivity contribution in [2.24, 2.45) is 5.73 Å². The molecule has 0 fully saturated rings. The lowest BCUT2D eigenvalue weighted by atomic mass is 10.1. The molecular formula is C11H15N3OS. The van der Waals surface area contributed by atoms with Crippen molar-refractivity contribution in [2.45, 2.75) is 24.3 Å². The molecule has 2 rings (SSSR count). The number of nitrogens with one attached hydrogen (secondary N) is 1. The van der Waals surface area contributed by atoms with Crippen molar-refractivity contribution < 1.29 is 5.11 Å². The summed E-state index contributed by atoms with van der Waals surface area (Å²) in [5.41, 5.74) is 8.61. The number of hydrogen-bond donors (Lipinski definition) is 3. The molecule has 5 heteroatoms. The molecule has 1 heterocycles. The maximum atomic E-state index is 8.82. The Labute approximate surface area is 98.8 Å². The summed E-state index contributed by atoms with van der Waals surface area (Å²) < 4.78 is 0. The first kappa shape index (κ1) is 11.4. The van der Waals surface area contributed by atoms with Crippen LogP contribution in [0.5, 0.6) is 0 Å². The molecule has 0 aromatic carbocycles. The third-order valence-corrected chi connectivity index (χ3v) is 3.61. The van der Waals surface area contributed by atoms with Crippen molar-refractivity contribution in [3.63, 3.8) is 0 Å². The van der Waals surface area contributed by atoms with Gasteiger partial charge in [-0.3, -0.25) is 5.41 Å². The Hall–Kier alpha value is -1.07. The number of aliphatic hydroxyl groups is 1. The zero-order chi connectivity index (χ0) is 11.5. The molecule has 0 atom stereocenters. The highest BCUT2D eigenvalue weighted by atomic mass is 32.2. The molecule has 0 spiro atoms. The summed E-state index contributed by atoms with van der Waals surface area (Å²) >= 11 is 1.46. The highest BCUT2D eigenvalue weighted by Crippen LogP contribution is 2.27. The second kappa shape index (κ2) is 4.84. The summed E-state index contributed by atoms with van der Waals surface area (Å²) in [4.78, 5) is 4.54. The first-order valence-corrected chi connectivity index (χ1v) is 6.31. The van der Waals surface area contributed by atoms with Crippen molar-refractivity contribution >= 4 is 17.6 Å². The predicted molar refractivity (Wildman–Crippen MR) is 65.1 cm³/mol. The number of nitrogen functional groups attached to an aromatic ring is 1. The highest BCUT2D eigenvalue weighted by Gasteiger charge is 2.17. The van der Waals surface area contributed by atoms with Crippen LogP contribution in [-0.4, -0.2) is 28.3 Å². The molecule has 4 nitrogen and oxygen atoms in total. The van der Waals surface area contributed by atoms with Crippen LogP contribution in [0, 0.1) is 5.41 Å². The summed E-state index contributed by atoms with van der Waals surface area (Å²) in [5.74, 6) is 0.647. The number of nitrogens with two attached hydrogens (primary N) is 1. The quantitative estimate of drug-likeness (QED) is 0.413. The van der Waals surface area contributed by atoms with E-state index in [2.05, 4.69) is 4.98 Å². The average Bonchev–Trinajstić information content (AvgIpc) is 2.71. The van der Waals surface area contributed by atoms with E-state index >= 15 is 0 Å². The van der Waals surface area contributed by atoms with Crippen LogP contribution in [0.3, 0.4) is 0 Å². The Bertz CT molecular complexity index is 420. The Morgan fingerprint density at radius 2 is 2.38 bits per heavy atom. The number of aliphatic hydroxyl groups excluding tert-OH is 1. The van der Waals surface area contributed by atoms with Crippen molar-refractivity contribution in [3.8, 4) is 0 Å². The van der Waals surface area contributed by atoms with Gasteiger partial charge in [-0.05, 0) is 30.9 Å². The predicted octanol–water partition coefficient (Wildman–Crippen LogP) is 0.939. The van der Waals surface area contributed by atoms with Crippen LogP contribution in [0.15, 0.2) is 11.1 Å². The van der Waals surface area contributed by atoms with E-state index in [0.29, 0.717) is 11.3 Å². The highest BCUT2D eigenvalue weighted by molar-refractivity contribution is 7.99. The minimum absolute atomic E-state index is 0.0580. The molecule has 0 amide bonds. The van der Waals surface area contributed by atoms with E-state index < -0.39 is 0 Å². The van der Waals surface area contributed by atoms with Crippen LogP contribution < -0.4 is 5.73 Å². The van der Waals surface area contributed by atoms with Gasteiger partial charge in [0.2, 0.25) is 0 Å². The molecule has 0 unspecified atom stereocenters. The minimum Gasteiger partial charge on any atom is -0.396 e. The normalized spacial score (nSPS) is 13.8. The molecular weight excluding hydrogens is 222 g/mol. The summed E-state index contributed by atoms with van der Waals surface area (Å²) in [6, 6.07) is 1.98. The van der Waals surface area contributed by atoms with E-state index in [1.807, 2.05) is 6.07 Å². The molecule has 1 aromatic rings. The first-order chi connectivity index (χ1) is 7.72.